The first-order valence-corrected chi connectivity index (χ1v) is 21.4. The summed E-state index contributed by atoms with van der Waals surface area (Å²) in [6, 6.07) is 18.9. The Morgan fingerprint density at radius 2 is 1.55 bits per heavy atom. The number of ether oxygens (including phenoxy) is 1. The highest BCUT2D eigenvalue weighted by molar-refractivity contribution is 6.31. The van der Waals surface area contributed by atoms with Crippen molar-refractivity contribution in [2.45, 2.75) is 97.2 Å². The molecule has 4 fully saturated rings. The van der Waals surface area contributed by atoms with Gasteiger partial charge in [-0.3, -0.25) is 34.2 Å². The summed E-state index contributed by atoms with van der Waals surface area (Å²) in [7, 11) is 0. The van der Waals surface area contributed by atoms with Crippen LogP contribution in [-0.4, -0.2) is 65.7 Å². The van der Waals surface area contributed by atoms with E-state index in [2.05, 4.69) is 61.1 Å². The highest BCUT2D eigenvalue weighted by Gasteiger charge is 2.64. The number of nitrogens with zero attached hydrogens (tertiary/aromatic N) is 3. The minimum absolute atomic E-state index is 0.0963. The number of hydrogen-bond acceptors (Lipinski definition) is 8. The summed E-state index contributed by atoms with van der Waals surface area (Å²) in [5.74, 6) is 7.00. The molecule has 5 amide bonds. The Labute approximate surface area is 356 Å². The summed E-state index contributed by atoms with van der Waals surface area (Å²) in [5.41, 5.74) is 2.70. The Morgan fingerprint density at radius 3 is 2.22 bits per heavy atom. The SMILES string of the molecule is CC1(C)C(NC(=O)c2ccc(C#CC3CCC(CCC4CN(c5ccc6c(c5)C(=O)N(C5CCC(=O)NC5=O)C6=O)C4)CC3)cc2)C(C)(C)C1Oc1ccc(C#N)c(Cl)c1. The van der Waals surface area contributed by atoms with Gasteiger partial charge >= 0.3 is 0 Å². The molecule has 12 heteroatoms. The lowest BCUT2D eigenvalue weighted by atomic mass is 9.49. The number of anilines is 1. The van der Waals surface area contributed by atoms with Crippen LogP contribution in [0.25, 0.3) is 0 Å². The molecular weight excluding hydrogens is 778 g/mol. The molecule has 60 heavy (non-hydrogen) atoms. The van der Waals surface area contributed by atoms with Crippen LogP contribution in [0.5, 0.6) is 5.75 Å². The largest absolute Gasteiger partial charge is 0.489 e. The van der Waals surface area contributed by atoms with Gasteiger partial charge < -0.3 is 15.0 Å². The van der Waals surface area contributed by atoms with Crippen LogP contribution in [0.15, 0.2) is 60.7 Å². The van der Waals surface area contributed by atoms with E-state index < -0.39 is 23.8 Å². The van der Waals surface area contributed by atoms with E-state index in [9.17, 15) is 29.2 Å². The number of hydrogen-bond donors (Lipinski definition) is 2. The summed E-state index contributed by atoms with van der Waals surface area (Å²) in [5, 5.41) is 15.1. The number of piperidine rings is 1. The summed E-state index contributed by atoms with van der Waals surface area (Å²) in [6.07, 6.45) is 6.91. The maximum Gasteiger partial charge on any atom is 0.262 e. The van der Waals surface area contributed by atoms with E-state index in [0.29, 0.717) is 50.8 Å². The van der Waals surface area contributed by atoms with Gasteiger partial charge in [-0.15, -0.1) is 0 Å². The smallest absolute Gasteiger partial charge is 0.262 e. The van der Waals surface area contributed by atoms with Crippen LogP contribution >= 0.6 is 11.6 Å². The van der Waals surface area contributed by atoms with Gasteiger partial charge in [0.25, 0.3) is 17.7 Å². The van der Waals surface area contributed by atoms with Crippen molar-refractivity contribution in [2.24, 2.45) is 28.6 Å². The van der Waals surface area contributed by atoms with Gasteiger partial charge in [0.05, 0.1) is 21.7 Å². The van der Waals surface area contributed by atoms with Gasteiger partial charge in [-0.1, -0.05) is 57.6 Å². The normalized spacial score (nSPS) is 25.5. The predicted octanol–water partition coefficient (Wildman–Crippen LogP) is 7.30. The molecule has 310 valence electrons. The third-order valence-corrected chi connectivity index (χ3v) is 13.9. The van der Waals surface area contributed by atoms with Crippen molar-refractivity contribution in [1.82, 2.24) is 15.5 Å². The molecule has 11 nitrogen and oxygen atoms in total. The van der Waals surface area contributed by atoms with E-state index in [4.69, 9.17) is 16.3 Å². The van der Waals surface area contributed by atoms with E-state index in [1.807, 2.05) is 30.3 Å². The van der Waals surface area contributed by atoms with Gasteiger partial charge in [-0.05, 0) is 105 Å². The van der Waals surface area contributed by atoms with Crippen molar-refractivity contribution in [1.29, 1.82) is 5.26 Å². The van der Waals surface area contributed by atoms with Gasteiger partial charge in [0.2, 0.25) is 11.8 Å². The van der Waals surface area contributed by atoms with Crippen molar-refractivity contribution >= 4 is 46.8 Å². The fourth-order valence-electron chi connectivity index (χ4n) is 10.4. The molecule has 8 rings (SSSR count). The molecule has 0 radical (unpaired) electrons. The lowest BCUT2D eigenvalue weighted by Gasteiger charge is -2.63. The number of carbonyl (C=O) groups is 5. The van der Waals surface area contributed by atoms with Crippen molar-refractivity contribution in [3.05, 3.63) is 93.5 Å². The average Bonchev–Trinajstić information content (AvgIpc) is 3.45. The summed E-state index contributed by atoms with van der Waals surface area (Å²) < 4.78 is 6.37. The second kappa shape index (κ2) is 16.1. The van der Waals surface area contributed by atoms with E-state index in [1.54, 1.807) is 30.3 Å². The summed E-state index contributed by atoms with van der Waals surface area (Å²) in [4.78, 5) is 67.0. The van der Waals surface area contributed by atoms with Crippen LogP contribution in [0.2, 0.25) is 5.02 Å². The number of halogens is 1. The van der Waals surface area contributed by atoms with Crippen molar-refractivity contribution < 1.29 is 28.7 Å². The predicted molar refractivity (Wildman–Crippen MR) is 226 cm³/mol. The number of nitrogens with one attached hydrogen (secondary N) is 2. The third-order valence-electron chi connectivity index (χ3n) is 13.6. The first-order valence-electron chi connectivity index (χ1n) is 21.0. The van der Waals surface area contributed by atoms with E-state index in [-0.39, 0.29) is 47.6 Å². The van der Waals surface area contributed by atoms with Crippen LogP contribution in [0, 0.1) is 51.8 Å². The molecule has 3 aliphatic heterocycles. The van der Waals surface area contributed by atoms with Gasteiger partial charge in [-0.2, -0.15) is 5.26 Å². The molecule has 3 aromatic carbocycles. The molecule has 0 aromatic heterocycles. The van der Waals surface area contributed by atoms with E-state index in [1.165, 1.54) is 19.3 Å². The fourth-order valence-corrected chi connectivity index (χ4v) is 10.6. The topological polar surface area (TPSA) is 149 Å². The molecule has 2 aliphatic carbocycles. The van der Waals surface area contributed by atoms with Crippen molar-refractivity contribution in [2.75, 3.05) is 18.0 Å². The maximum absolute atomic E-state index is 13.4. The number of benzene rings is 3. The van der Waals surface area contributed by atoms with Gasteiger partial charge in [0.1, 0.15) is 24.0 Å². The Balaban J connectivity index is 0.760. The fraction of sp³-hybridized carbons (Fsp3) is 0.458. The Hall–Kier alpha value is -5.65. The first-order chi connectivity index (χ1) is 28.6. The number of imide groups is 2. The molecule has 2 N–H and O–H groups in total. The monoisotopic (exact) mass is 827 g/mol. The Kier molecular flexibility index (Phi) is 11.0. The van der Waals surface area contributed by atoms with Crippen LogP contribution in [0.4, 0.5) is 5.69 Å². The van der Waals surface area contributed by atoms with Gasteiger partial charge in [0, 0.05) is 65.2 Å². The number of amides is 5. The average molecular weight is 828 g/mol. The van der Waals surface area contributed by atoms with Crippen LogP contribution < -0.4 is 20.3 Å². The molecular formula is C48H50ClN5O6. The minimum Gasteiger partial charge on any atom is -0.489 e. The highest BCUT2D eigenvalue weighted by Crippen LogP contribution is 2.55. The highest BCUT2D eigenvalue weighted by atomic mass is 35.5. The number of rotatable bonds is 9. The lowest BCUT2D eigenvalue weighted by molar-refractivity contribution is -0.164. The molecule has 3 aromatic rings. The third kappa shape index (κ3) is 7.76. The maximum atomic E-state index is 13.4. The second-order valence-corrected chi connectivity index (χ2v) is 18.8. The van der Waals surface area contributed by atoms with E-state index >= 15 is 0 Å². The molecule has 3 heterocycles. The molecule has 2 saturated heterocycles. The minimum atomic E-state index is -0.964. The zero-order valence-corrected chi connectivity index (χ0v) is 35.2. The zero-order valence-electron chi connectivity index (χ0n) is 34.5. The van der Waals surface area contributed by atoms with Gasteiger partial charge in [-0.25, -0.2) is 0 Å². The Morgan fingerprint density at radius 1 is 0.867 bits per heavy atom. The van der Waals surface area contributed by atoms with Crippen LogP contribution in [-0.2, 0) is 9.59 Å². The quantitative estimate of drug-likeness (QED) is 0.169. The molecule has 1 unspecified atom stereocenters. The number of nitriles is 1. The molecule has 0 bridgehead atoms. The molecule has 5 aliphatic rings. The van der Waals surface area contributed by atoms with Crippen LogP contribution in [0.1, 0.15) is 121 Å². The summed E-state index contributed by atoms with van der Waals surface area (Å²) in [6.45, 7) is 10.2. The van der Waals surface area contributed by atoms with Gasteiger partial charge in [0.15, 0.2) is 0 Å². The first kappa shape index (κ1) is 41.1. The van der Waals surface area contributed by atoms with E-state index in [0.717, 1.165) is 48.5 Å². The lowest BCUT2D eigenvalue weighted by Crippen LogP contribution is -2.74. The van der Waals surface area contributed by atoms with Crippen LogP contribution in [0.3, 0.4) is 0 Å². The molecule has 1 atom stereocenters. The number of fused-ring (bicyclic) bond motifs is 1. The standard InChI is InChI=1S/C48H50ClN5O6/c1-47(2)45(48(3,4)46(47)60-35-19-17-33(25-50)38(49)24-35)52-41(56)32-15-13-30(14-16-32)10-9-28-5-7-29(8-6-28)11-12-31-26-53(27-31)34-18-20-36-37(23-34)44(59)54(43(36)58)39-21-22-40(55)51-42(39)57/h13-20,23-24,28-29,31,39,45-46H,5-8,11-12,21-22,26-27H2,1-4H3,(H,52,56)(H,51,55,57). The van der Waals surface area contributed by atoms with Crippen molar-refractivity contribution in [3.8, 4) is 23.7 Å². The van der Waals surface area contributed by atoms with Crippen molar-refractivity contribution in [3.63, 3.8) is 0 Å². The Bertz CT molecular complexity index is 2340. The number of carbonyl (C=O) groups excluding carboxylic acids is 5. The molecule has 0 spiro atoms. The summed E-state index contributed by atoms with van der Waals surface area (Å²) >= 11 is 6.24. The zero-order chi connectivity index (χ0) is 42.5. The second-order valence-electron chi connectivity index (χ2n) is 18.4. The molecule has 2 saturated carbocycles.